The van der Waals surface area contributed by atoms with Crippen LogP contribution in [-0.4, -0.2) is 47.3 Å². The van der Waals surface area contributed by atoms with Crippen molar-refractivity contribution in [1.29, 1.82) is 0 Å². The van der Waals surface area contributed by atoms with Gasteiger partial charge < -0.3 is 4.90 Å². The predicted molar refractivity (Wildman–Crippen MR) is 71.5 cm³/mol. The first-order valence-electron chi connectivity index (χ1n) is 6.71. The Kier molecular flexibility index (Phi) is 4.05. The molecule has 96 valence electrons. The third-order valence-corrected chi connectivity index (χ3v) is 3.66. The topological polar surface area (TPSA) is 35.2 Å². The molecule has 0 saturated carbocycles. The van der Waals surface area contributed by atoms with Gasteiger partial charge in [-0.25, -0.2) is 0 Å². The fraction of sp³-hybridized carbons (Fsp3) is 0.769. The Hall–Kier alpha value is -1.03. The number of nitrogens with zero attached hydrogens (tertiary/aromatic N) is 3. The largest absolute Gasteiger partial charge is 0.353 e. The summed E-state index contributed by atoms with van der Waals surface area (Å²) >= 11 is 0. The molecule has 17 heavy (non-hydrogen) atoms. The van der Waals surface area contributed by atoms with Crippen molar-refractivity contribution in [3.8, 4) is 0 Å². The molecular weight excluding hydrogens is 212 g/mol. The average molecular weight is 236 g/mol. The van der Waals surface area contributed by atoms with Crippen LogP contribution in [0.25, 0.3) is 0 Å². The van der Waals surface area contributed by atoms with Crippen LogP contribution < -0.4 is 4.90 Å². The second-order valence-electron chi connectivity index (χ2n) is 5.07. The zero-order valence-electron chi connectivity index (χ0n) is 11.2. The van der Waals surface area contributed by atoms with Crippen molar-refractivity contribution < 1.29 is 0 Å². The quantitative estimate of drug-likeness (QED) is 0.869. The van der Waals surface area contributed by atoms with Gasteiger partial charge in [-0.15, -0.1) is 0 Å². The molecule has 0 amide bonds. The molecule has 0 aliphatic carbocycles. The minimum atomic E-state index is 0.725. The standard InChI is InChI=1S/C13H24N4/c1-4-5-12(3)16-6-8-17(9-7-16)13-10-11(2)14-15-13/h10,12H,4-9H2,1-3H3,(H,14,15)/t12-/m0/s1. The molecule has 0 radical (unpaired) electrons. The number of rotatable bonds is 4. The van der Waals surface area contributed by atoms with Crippen LogP contribution in [0.1, 0.15) is 32.4 Å². The molecule has 1 aliphatic heterocycles. The van der Waals surface area contributed by atoms with Crippen LogP contribution in [0.4, 0.5) is 5.82 Å². The molecule has 0 spiro atoms. The van der Waals surface area contributed by atoms with Gasteiger partial charge in [0, 0.05) is 44.0 Å². The van der Waals surface area contributed by atoms with E-state index in [1.54, 1.807) is 0 Å². The zero-order chi connectivity index (χ0) is 12.3. The molecule has 0 bridgehead atoms. The Morgan fingerprint density at radius 1 is 1.35 bits per heavy atom. The molecule has 4 heteroatoms. The van der Waals surface area contributed by atoms with Gasteiger partial charge in [0.25, 0.3) is 0 Å². The lowest BCUT2D eigenvalue weighted by Gasteiger charge is -2.38. The SMILES string of the molecule is CCC[C@H](C)N1CCN(c2cc(C)[nH]n2)CC1. The third-order valence-electron chi connectivity index (χ3n) is 3.66. The third kappa shape index (κ3) is 3.00. The van der Waals surface area contributed by atoms with Crippen molar-refractivity contribution in [2.45, 2.75) is 39.7 Å². The summed E-state index contributed by atoms with van der Waals surface area (Å²) in [5.74, 6) is 1.10. The summed E-state index contributed by atoms with van der Waals surface area (Å²) in [4.78, 5) is 4.97. The van der Waals surface area contributed by atoms with Crippen LogP contribution in [0.3, 0.4) is 0 Å². The van der Waals surface area contributed by atoms with E-state index in [-0.39, 0.29) is 0 Å². The number of H-pyrrole nitrogens is 1. The van der Waals surface area contributed by atoms with Crippen LogP contribution >= 0.6 is 0 Å². The van der Waals surface area contributed by atoms with Gasteiger partial charge in [0.1, 0.15) is 0 Å². The summed E-state index contributed by atoms with van der Waals surface area (Å²) in [6.07, 6.45) is 2.58. The van der Waals surface area contributed by atoms with Crippen molar-refractivity contribution in [2.24, 2.45) is 0 Å². The van der Waals surface area contributed by atoms with Crippen molar-refractivity contribution in [2.75, 3.05) is 31.1 Å². The second kappa shape index (κ2) is 5.54. The first-order valence-corrected chi connectivity index (χ1v) is 6.71. The molecule has 1 aromatic rings. The monoisotopic (exact) mass is 236 g/mol. The first-order chi connectivity index (χ1) is 8.20. The molecule has 1 fully saturated rings. The highest BCUT2D eigenvalue weighted by molar-refractivity contribution is 5.39. The van der Waals surface area contributed by atoms with Crippen LogP contribution in [0.5, 0.6) is 0 Å². The Morgan fingerprint density at radius 2 is 2.06 bits per heavy atom. The zero-order valence-corrected chi connectivity index (χ0v) is 11.2. The van der Waals surface area contributed by atoms with E-state index in [1.807, 2.05) is 0 Å². The van der Waals surface area contributed by atoms with E-state index >= 15 is 0 Å². The summed E-state index contributed by atoms with van der Waals surface area (Å²) in [6.45, 7) is 11.2. The highest BCUT2D eigenvalue weighted by Gasteiger charge is 2.21. The fourth-order valence-electron chi connectivity index (χ4n) is 2.56. The average Bonchev–Trinajstić information content (AvgIpc) is 2.76. The van der Waals surface area contributed by atoms with Crippen molar-refractivity contribution >= 4 is 5.82 Å². The van der Waals surface area contributed by atoms with Gasteiger partial charge in [0.15, 0.2) is 5.82 Å². The van der Waals surface area contributed by atoms with Gasteiger partial charge in [0.2, 0.25) is 0 Å². The van der Waals surface area contributed by atoms with Crippen molar-refractivity contribution in [3.05, 3.63) is 11.8 Å². The Balaban J connectivity index is 1.85. The molecular formula is C13H24N4. The molecule has 1 N–H and O–H groups in total. The Morgan fingerprint density at radius 3 is 2.59 bits per heavy atom. The van der Waals surface area contributed by atoms with E-state index in [4.69, 9.17) is 0 Å². The Bertz CT molecular complexity index is 339. The van der Waals surface area contributed by atoms with Crippen molar-refractivity contribution in [3.63, 3.8) is 0 Å². The summed E-state index contributed by atoms with van der Waals surface area (Å²) < 4.78 is 0. The van der Waals surface area contributed by atoms with Gasteiger partial charge in [-0.2, -0.15) is 5.10 Å². The summed E-state index contributed by atoms with van der Waals surface area (Å²) in [5.41, 5.74) is 1.14. The number of anilines is 1. The van der Waals surface area contributed by atoms with Gasteiger partial charge in [-0.05, 0) is 20.3 Å². The molecule has 1 aliphatic rings. The Labute approximate surface area is 104 Å². The van der Waals surface area contributed by atoms with Crippen LogP contribution in [0.15, 0.2) is 6.07 Å². The van der Waals surface area contributed by atoms with E-state index in [2.05, 4.69) is 46.8 Å². The highest BCUT2D eigenvalue weighted by atomic mass is 15.3. The number of aromatic nitrogens is 2. The van der Waals surface area contributed by atoms with Crippen molar-refractivity contribution in [1.82, 2.24) is 15.1 Å². The molecule has 1 aromatic heterocycles. The first kappa shape index (κ1) is 12.4. The van der Waals surface area contributed by atoms with Gasteiger partial charge in [-0.3, -0.25) is 10.00 Å². The van der Waals surface area contributed by atoms with E-state index in [0.717, 1.165) is 43.7 Å². The lowest BCUT2D eigenvalue weighted by atomic mass is 10.1. The number of hydrogen-bond acceptors (Lipinski definition) is 3. The molecule has 0 unspecified atom stereocenters. The van der Waals surface area contributed by atoms with Crippen LogP contribution in [-0.2, 0) is 0 Å². The van der Waals surface area contributed by atoms with E-state index in [9.17, 15) is 0 Å². The molecule has 1 saturated heterocycles. The number of aryl methyl sites for hydroxylation is 1. The van der Waals surface area contributed by atoms with Gasteiger partial charge in [-0.1, -0.05) is 13.3 Å². The molecule has 0 aromatic carbocycles. The minimum Gasteiger partial charge on any atom is -0.353 e. The van der Waals surface area contributed by atoms with E-state index < -0.39 is 0 Å². The van der Waals surface area contributed by atoms with Gasteiger partial charge in [0.05, 0.1) is 0 Å². The highest BCUT2D eigenvalue weighted by Crippen LogP contribution is 2.16. The number of piperazine rings is 1. The summed E-state index contributed by atoms with van der Waals surface area (Å²) in [6, 6.07) is 2.86. The lowest BCUT2D eigenvalue weighted by Crippen LogP contribution is -2.49. The molecule has 1 atom stereocenters. The fourth-order valence-corrected chi connectivity index (χ4v) is 2.56. The van der Waals surface area contributed by atoms with Crippen LogP contribution in [0, 0.1) is 6.92 Å². The maximum atomic E-state index is 4.33. The smallest absolute Gasteiger partial charge is 0.150 e. The maximum Gasteiger partial charge on any atom is 0.150 e. The van der Waals surface area contributed by atoms with Gasteiger partial charge >= 0.3 is 0 Å². The normalized spacial score (nSPS) is 19.6. The summed E-state index contributed by atoms with van der Waals surface area (Å²) in [5, 5.41) is 7.34. The molecule has 2 rings (SSSR count). The number of aromatic amines is 1. The summed E-state index contributed by atoms with van der Waals surface area (Å²) in [7, 11) is 0. The number of nitrogens with one attached hydrogen (secondary N) is 1. The minimum absolute atomic E-state index is 0.725. The van der Waals surface area contributed by atoms with E-state index in [1.165, 1.54) is 12.8 Å². The lowest BCUT2D eigenvalue weighted by molar-refractivity contribution is 0.187. The second-order valence-corrected chi connectivity index (χ2v) is 5.07. The number of hydrogen-bond donors (Lipinski definition) is 1. The molecule has 4 nitrogen and oxygen atoms in total. The predicted octanol–water partition coefficient (Wildman–Crippen LogP) is 2.03. The van der Waals surface area contributed by atoms with E-state index in [0.29, 0.717) is 0 Å². The van der Waals surface area contributed by atoms with Crippen LogP contribution in [0.2, 0.25) is 0 Å². The molecule has 2 heterocycles. The maximum absolute atomic E-state index is 4.33.